The summed E-state index contributed by atoms with van der Waals surface area (Å²) in [4.78, 5) is 14.1. The Balaban J connectivity index is 1.97. The van der Waals surface area contributed by atoms with Crippen molar-refractivity contribution in [1.82, 2.24) is 0 Å². The summed E-state index contributed by atoms with van der Waals surface area (Å²) in [5.74, 6) is 0.405. The first-order valence-electron chi connectivity index (χ1n) is 6.65. The number of hydrogen-bond donors (Lipinski definition) is 1. The van der Waals surface area contributed by atoms with Gasteiger partial charge in [-0.25, -0.2) is 4.39 Å². The molecule has 2 N–H and O–H groups in total. The Hall–Kier alpha value is -2.34. The molecule has 3 rings (SSSR count). The van der Waals surface area contributed by atoms with Gasteiger partial charge in [0.15, 0.2) is 5.76 Å². The summed E-state index contributed by atoms with van der Waals surface area (Å²) in [5, 5.41) is 0. The van der Waals surface area contributed by atoms with Crippen LogP contribution in [0, 0.1) is 5.82 Å². The van der Waals surface area contributed by atoms with Gasteiger partial charge in [-0.2, -0.15) is 0 Å². The largest absolute Gasteiger partial charge is 0.487 e. The lowest BCUT2D eigenvalue weighted by Gasteiger charge is -2.32. The van der Waals surface area contributed by atoms with E-state index in [2.05, 4.69) is 0 Å². The lowest BCUT2D eigenvalue weighted by molar-refractivity contribution is 0.0932. The third-order valence-corrected chi connectivity index (χ3v) is 3.30. The number of ether oxygens (including phenoxy) is 1. The van der Waals surface area contributed by atoms with E-state index in [1.165, 1.54) is 23.1 Å². The van der Waals surface area contributed by atoms with Gasteiger partial charge >= 0.3 is 0 Å². The van der Waals surface area contributed by atoms with Gasteiger partial charge in [0.2, 0.25) is 0 Å². The number of fused-ring (bicyclic) bond motifs is 1. The van der Waals surface area contributed by atoms with Crippen LogP contribution >= 0.6 is 0 Å². The molecule has 1 amide bonds. The molecule has 110 valence electrons. The highest BCUT2D eigenvalue weighted by Crippen LogP contribution is 2.35. The molecule has 1 aliphatic heterocycles. The minimum absolute atomic E-state index is 0.208. The number of halogens is 1. The van der Waals surface area contributed by atoms with Gasteiger partial charge in [-0.05, 0) is 31.2 Å². The van der Waals surface area contributed by atoms with E-state index < -0.39 is 5.82 Å². The Kier molecular flexibility index (Phi) is 3.39. The number of hydrogen-bond acceptors (Lipinski definition) is 4. The molecule has 21 heavy (non-hydrogen) atoms. The molecule has 1 atom stereocenters. The number of carbonyl (C=O) groups is 1. The predicted octanol–water partition coefficient (Wildman–Crippen LogP) is 2.31. The Bertz CT molecular complexity index is 683. The van der Waals surface area contributed by atoms with Crippen LogP contribution in [0.3, 0.4) is 0 Å². The van der Waals surface area contributed by atoms with E-state index in [1.54, 1.807) is 12.1 Å². The van der Waals surface area contributed by atoms with Crippen LogP contribution in [0.4, 0.5) is 10.1 Å². The summed E-state index contributed by atoms with van der Waals surface area (Å²) in [6, 6.07) is 7.36. The second kappa shape index (κ2) is 5.21. The zero-order valence-corrected chi connectivity index (χ0v) is 11.5. The fourth-order valence-corrected chi connectivity index (χ4v) is 2.34. The second-order valence-corrected chi connectivity index (χ2v) is 4.93. The van der Waals surface area contributed by atoms with Gasteiger partial charge in [0.1, 0.15) is 23.4 Å². The molecular formula is C15H15FN2O3. The van der Waals surface area contributed by atoms with Crippen molar-refractivity contribution in [2.24, 2.45) is 5.73 Å². The fourth-order valence-electron chi connectivity index (χ4n) is 2.34. The van der Waals surface area contributed by atoms with Crippen LogP contribution < -0.4 is 15.4 Å². The molecule has 1 aliphatic rings. The van der Waals surface area contributed by atoms with Crippen LogP contribution in [0.15, 0.2) is 34.7 Å². The maximum Gasteiger partial charge on any atom is 0.294 e. The minimum atomic E-state index is -0.404. The van der Waals surface area contributed by atoms with Crippen LogP contribution in [-0.4, -0.2) is 18.6 Å². The highest BCUT2D eigenvalue weighted by molar-refractivity contribution is 6.05. The fraction of sp³-hybridized carbons (Fsp3) is 0.267. The first-order valence-corrected chi connectivity index (χ1v) is 6.65. The van der Waals surface area contributed by atoms with E-state index >= 15 is 0 Å². The average molecular weight is 290 g/mol. The van der Waals surface area contributed by atoms with E-state index in [-0.39, 0.29) is 24.3 Å². The molecule has 1 aromatic heterocycles. The summed E-state index contributed by atoms with van der Waals surface area (Å²) < 4.78 is 24.3. The third kappa shape index (κ3) is 2.50. The molecule has 1 aromatic carbocycles. The van der Waals surface area contributed by atoms with Crippen LogP contribution in [0.1, 0.15) is 23.2 Å². The first kappa shape index (κ1) is 13.6. The molecule has 2 heterocycles. The first-order chi connectivity index (χ1) is 10.1. The molecule has 0 unspecified atom stereocenters. The Labute approximate surface area is 121 Å². The van der Waals surface area contributed by atoms with Crippen molar-refractivity contribution in [1.29, 1.82) is 0 Å². The molecule has 0 radical (unpaired) electrons. The molecule has 5 nitrogen and oxygen atoms in total. The van der Waals surface area contributed by atoms with Crippen molar-refractivity contribution in [3.63, 3.8) is 0 Å². The predicted molar refractivity (Wildman–Crippen MR) is 74.8 cm³/mol. The molecule has 0 saturated heterocycles. The summed E-state index contributed by atoms with van der Waals surface area (Å²) >= 11 is 0. The van der Waals surface area contributed by atoms with Crippen LogP contribution in [-0.2, 0) is 6.54 Å². The maximum atomic E-state index is 13.3. The number of nitrogens with two attached hydrogens (primary N) is 1. The SMILES string of the molecule is C[C@H]1CN(C(=O)c2ccc(CN)o2)c2ccc(F)cc2O1. The van der Waals surface area contributed by atoms with Crippen molar-refractivity contribution < 1.29 is 18.3 Å². The maximum absolute atomic E-state index is 13.3. The lowest BCUT2D eigenvalue weighted by atomic mass is 10.2. The topological polar surface area (TPSA) is 68.7 Å². The number of rotatable bonds is 2. The van der Waals surface area contributed by atoms with Gasteiger partial charge in [0.25, 0.3) is 5.91 Å². The Morgan fingerprint density at radius 2 is 2.24 bits per heavy atom. The van der Waals surface area contributed by atoms with Gasteiger partial charge < -0.3 is 14.9 Å². The number of amides is 1. The summed E-state index contributed by atoms with van der Waals surface area (Å²) in [7, 11) is 0. The van der Waals surface area contributed by atoms with Crippen molar-refractivity contribution in [3.05, 3.63) is 47.7 Å². The van der Waals surface area contributed by atoms with Crippen molar-refractivity contribution in [2.75, 3.05) is 11.4 Å². The van der Waals surface area contributed by atoms with Gasteiger partial charge in [0.05, 0.1) is 18.8 Å². The van der Waals surface area contributed by atoms with E-state index in [4.69, 9.17) is 14.9 Å². The van der Waals surface area contributed by atoms with Gasteiger partial charge in [-0.1, -0.05) is 0 Å². The van der Waals surface area contributed by atoms with Gasteiger partial charge in [-0.15, -0.1) is 0 Å². The van der Waals surface area contributed by atoms with E-state index in [1.807, 2.05) is 6.92 Å². The number of anilines is 1. The highest BCUT2D eigenvalue weighted by Gasteiger charge is 2.30. The molecule has 0 fully saturated rings. The average Bonchev–Trinajstić information content (AvgIpc) is 2.94. The monoisotopic (exact) mass is 290 g/mol. The molecule has 2 aromatic rings. The molecule has 0 aliphatic carbocycles. The van der Waals surface area contributed by atoms with E-state index in [0.29, 0.717) is 23.7 Å². The normalized spacial score (nSPS) is 17.3. The minimum Gasteiger partial charge on any atom is -0.487 e. The van der Waals surface area contributed by atoms with Gasteiger partial charge in [-0.3, -0.25) is 9.69 Å². The zero-order chi connectivity index (χ0) is 15.0. The van der Waals surface area contributed by atoms with Crippen LogP contribution in [0.2, 0.25) is 0 Å². The molecule has 0 bridgehead atoms. The van der Waals surface area contributed by atoms with Gasteiger partial charge in [0, 0.05) is 6.07 Å². The highest BCUT2D eigenvalue weighted by atomic mass is 19.1. The Morgan fingerprint density at radius 3 is 2.95 bits per heavy atom. The number of benzene rings is 1. The molecule has 6 heteroatoms. The molecular weight excluding hydrogens is 275 g/mol. The number of furan rings is 1. The standard InChI is InChI=1S/C15H15FN2O3/c1-9-8-18(12-4-2-10(16)6-14(12)20-9)15(19)13-5-3-11(7-17)21-13/h2-6,9H,7-8,17H2,1H3/t9-/m0/s1. The number of carbonyl (C=O) groups excluding carboxylic acids is 1. The van der Waals surface area contributed by atoms with Crippen LogP contribution in [0.5, 0.6) is 5.75 Å². The van der Waals surface area contributed by atoms with Crippen molar-refractivity contribution in [3.8, 4) is 5.75 Å². The molecule has 0 spiro atoms. The Morgan fingerprint density at radius 1 is 1.43 bits per heavy atom. The van der Waals surface area contributed by atoms with E-state index in [0.717, 1.165) is 0 Å². The van der Waals surface area contributed by atoms with E-state index in [9.17, 15) is 9.18 Å². The second-order valence-electron chi connectivity index (χ2n) is 4.93. The smallest absolute Gasteiger partial charge is 0.294 e. The van der Waals surface area contributed by atoms with Crippen LogP contribution in [0.25, 0.3) is 0 Å². The van der Waals surface area contributed by atoms with Crippen molar-refractivity contribution in [2.45, 2.75) is 19.6 Å². The summed E-state index contributed by atoms with van der Waals surface area (Å²) in [5.41, 5.74) is 6.01. The van der Waals surface area contributed by atoms with Crippen molar-refractivity contribution >= 4 is 11.6 Å². The summed E-state index contributed by atoms with van der Waals surface area (Å²) in [6.45, 7) is 2.42. The molecule has 0 saturated carbocycles. The summed E-state index contributed by atoms with van der Waals surface area (Å²) in [6.07, 6.45) is -0.229. The quantitative estimate of drug-likeness (QED) is 0.921. The zero-order valence-electron chi connectivity index (χ0n) is 11.5. The lowest BCUT2D eigenvalue weighted by Crippen LogP contribution is -2.42. The third-order valence-electron chi connectivity index (χ3n) is 3.30. The number of nitrogens with zero attached hydrogens (tertiary/aromatic N) is 1.